The Bertz CT molecular complexity index is 1050. The Balaban J connectivity index is 1.63. The van der Waals surface area contributed by atoms with Crippen molar-refractivity contribution in [3.8, 4) is 17.1 Å². The number of nitro benzene ring substituents is 1. The van der Waals surface area contributed by atoms with Gasteiger partial charge >= 0.3 is 0 Å². The molecule has 0 bridgehead atoms. The van der Waals surface area contributed by atoms with E-state index in [9.17, 15) is 10.1 Å². The monoisotopic (exact) mass is 440 g/mol. The molecule has 1 saturated heterocycles. The van der Waals surface area contributed by atoms with Crippen molar-refractivity contribution in [2.45, 2.75) is 42.8 Å². The molecule has 8 nitrogen and oxygen atoms in total. The van der Waals surface area contributed by atoms with E-state index in [4.69, 9.17) is 9.47 Å². The van der Waals surface area contributed by atoms with Crippen molar-refractivity contribution in [1.29, 1.82) is 0 Å². The van der Waals surface area contributed by atoms with Gasteiger partial charge in [0, 0.05) is 29.6 Å². The number of nitrogens with zero attached hydrogens (tertiary/aromatic N) is 4. The predicted molar refractivity (Wildman–Crippen MR) is 118 cm³/mol. The molecule has 9 heteroatoms. The van der Waals surface area contributed by atoms with Crippen LogP contribution in [0.15, 0.2) is 53.7 Å². The Kier molecular flexibility index (Phi) is 6.53. The van der Waals surface area contributed by atoms with Crippen molar-refractivity contribution in [2.75, 3.05) is 13.7 Å². The van der Waals surface area contributed by atoms with Crippen molar-refractivity contribution in [1.82, 2.24) is 14.8 Å². The molecule has 0 N–H and O–H groups in total. The Hall–Kier alpha value is -2.91. The number of benzene rings is 2. The molecule has 162 valence electrons. The maximum Gasteiger partial charge on any atom is 0.269 e. The zero-order valence-corrected chi connectivity index (χ0v) is 18.2. The highest BCUT2D eigenvalue weighted by atomic mass is 32.2. The lowest BCUT2D eigenvalue weighted by atomic mass is 10.1. The molecule has 0 aliphatic carbocycles. The van der Waals surface area contributed by atoms with Gasteiger partial charge in [0.1, 0.15) is 5.75 Å². The highest BCUT2D eigenvalue weighted by Gasteiger charge is 2.23. The van der Waals surface area contributed by atoms with Crippen molar-refractivity contribution in [3.63, 3.8) is 0 Å². The van der Waals surface area contributed by atoms with Gasteiger partial charge in [-0.3, -0.25) is 14.7 Å². The molecule has 1 aliphatic heterocycles. The molecule has 2 atom stereocenters. The summed E-state index contributed by atoms with van der Waals surface area (Å²) >= 11 is 1.54. The summed E-state index contributed by atoms with van der Waals surface area (Å²) in [7, 11) is 1.64. The smallest absolute Gasteiger partial charge is 0.269 e. The molecule has 4 rings (SSSR count). The van der Waals surface area contributed by atoms with Crippen LogP contribution in [0.5, 0.6) is 5.75 Å². The van der Waals surface area contributed by atoms with Gasteiger partial charge in [-0.2, -0.15) is 0 Å². The molecule has 1 fully saturated rings. The molecule has 0 spiro atoms. The zero-order valence-electron chi connectivity index (χ0n) is 17.4. The third-order valence-electron chi connectivity index (χ3n) is 5.31. The topological polar surface area (TPSA) is 92.3 Å². The summed E-state index contributed by atoms with van der Waals surface area (Å²) in [4.78, 5) is 10.8. The highest BCUT2D eigenvalue weighted by Crippen LogP contribution is 2.37. The quantitative estimate of drug-likeness (QED) is 0.280. The van der Waals surface area contributed by atoms with Crippen LogP contribution in [-0.2, 0) is 11.3 Å². The molecule has 0 radical (unpaired) electrons. The van der Waals surface area contributed by atoms with Crippen LogP contribution in [0.25, 0.3) is 11.4 Å². The summed E-state index contributed by atoms with van der Waals surface area (Å²) in [6.07, 6.45) is 2.18. The van der Waals surface area contributed by atoms with Crippen molar-refractivity contribution < 1.29 is 14.4 Å². The Morgan fingerprint density at radius 1 is 1.29 bits per heavy atom. The highest BCUT2D eigenvalue weighted by molar-refractivity contribution is 7.99. The van der Waals surface area contributed by atoms with Crippen molar-refractivity contribution in [2.24, 2.45) is 0 Å². The van der Waals surface area contributed by atoms with Crippen molar-refractivity contribution >= 4 is 17.4 Å². The number of ether oxygens (including phenoxy) is 2. The van der Waals surface area contributed by atoms with Gasteiger partial charge in [0.2, 0.25) is 0 Å². The van der Waals surface area contributed by atoms with Gasteiger partial charge in [-0.25, -0.2) is 0 Å². The van der Waals surface area contributed by atoms with Gasteiger partial charge in [-0.15, -0.1) is 10.2 Å². The number of rotatable bonds is 8. The first kappa shape index (κ1) is 21.3. The second-order valence-electron chi connectivity index (χ2n) is 7.39. The van der Waals surface area contributed by atoms with Crippen LogP contribution in [0.1, 0.15) is 30.6 Å². The van der Waals surface area contributed by atoms with Crippen molar-refractivity contribution in [3.05, 3.63) is 64.2 Å². The molecule has 2 unspecified atom stereocenters. The van der Waals surface area contributed by atoms with Crippen LogP contribution in [0.2, 0.25) is 0 Å². The van der Waals surface area contributed by atoms with Crippen LogP contribution >= 0.6 is 11.8 Å². The average Bonchev–Trinajstić information content (AvgIpc) is 3.45. The van der Waals surface area contributed by atoms with E-state index in [-0.39, 0.29) is 22.0 Å². The number of non-ortho nitro benzene ring substituents is 1. The van der Waals surface area contributed by atoms with E-state index >= 15 is 0 Å². The standard InChI is InChI=1S/C22H24N4O4S/c1-15(17-5-3-6-18(13-17)26(27)28)31-22-24-23-21(16-8-10-19(29-2)11-9-16)25(22)14-20-7-4-12-30-20/h3,5-6,8-11,13,15,20H,4,7,12,14H2,1-2H3. The summed E-state index contributed by atoms with van der Waals surface area (Å²) in [5.41, 5.74) is 1.91. The summed E-state index contributed by atoms with van der Waals surface area (Å²) in [5, 5.41) is 20.8. The second-order valence-corrected chi connectivity index (χ2v) is 8.70. The fourth-order valence-electron chi connectivity index (χ4n) is 3.60. The van der Waals surface area contributed by atoms with Crippen LogP contribution in [0, 0.1) is 10.1 Å². The summed E-state index contributed by atoms with van der Waals surface area (Å²) in [5.74, 6) is 1.55. The van der Waals surface area contributed by atoms with Crippen LogP contribution in [-0.4, -0.2) is 39.5 Å². The minimum absolute atomic E-state index is 0.0314. The van der Waals surface area contributed by atoms with Crippen LogP contribution in [0.4, 0.5) is 5.69 Å². The molecule has 3 aromatic rings. The summed E-state index contributed by atoms with van der Waals surface area (Å²) in [6.45, 7) is 3.46. The molecular weight excluding hydrogens is 416 g/mol. The first-order valence-electron chi connectivity index (χ1n) is 10.2. The number of methoxy groups -OCH3 is 1. The molecule has 2 aromatic carbocycles. The van der Waals surface area contributed by atoms with Gasteiger partial charge in [-0.1, -0.05) is 23.9 Å². The van der Waals surface area contributed by atoms with Gasteiger partial charge in [0.15, 0.2) is 11.0 Å². The van der Waals surface area contributed by atoms with E-state index in [1.807, 2.05) is 37.3 Å². The first-order valence-corrected chi connectivity index (χ1v) is 11.0. The fourth-order valence-corrected chi connectivity index (χ4v) is 4.58. The van der Waals surface area contributed by atoms with E-state index < -0.39 is 0 Å². The third kappa shape index (κ3) is 4.88. The molecule has 0 amide bonds. The van der Waals surface area contributed by atoms with E-state index in [0.717, 1.165) is 47.3 Å². The molecule has 2 heterocycles. The van der Waals surface area contributed by atoms with Crippen LogP contribution in [0.3, 0.4) is 0 Å². The number of hydrogen-bond acceptors (Lipinski definition) is 7. The van der Waals surface area contributed by atoms with E-state index in [0.29, 0.717) is 6.54 Å². The number of hydrogen-bond donors (Lipinski definition) is 0. The summed E-state index contributed by atoms with van der Waals surface area (Å²) in [6, 6.07) is 14.5. The van der Waals surface area contributed by atoms with Crippen LogP contribution < -0.4 is 4.74 Å². The van der Waals surface area contributed by atoms with Gasteiger partial charge in [-0.05, 0) is 49.6 Å². The Labute approximate surface area is 184 Å². The minimum Gasteiger partial charge on any atom is -0.497 e. The van der Waals surface area contributed by atoms with E-state index in [1.165, 1.54) is 17.8 Å². The molecule has 1 aromatic heterocycles. The molecule has 31 heavy (non-hydrogen) atoms. The SMILES string of the molecule is COc1ccc(-c2nnc(SC(C)c3cccc([N+](=O)[O-])c3)n2CC2CCCO2)cc1. The summed E-state index contributed by atoms with van der Waals surface area (Å²) < 4.78 is 13.2. The molecular formula is C22H24N4O4S. The number of aromatic nitrogens is 3. The number of nitro groups is 1. The lowest BCUT2D eigenvalue weighted by Gasteiger charge is -2.17. The van der Waals surface area contributed by atoms with E-state index in [2.05, 4.69) is 14.8 Å². The van der Waals surface area contributed by atoms with Gasteiger partial charge in [0.05, 0.1) is 24.7 Å². The van der Waals surface area contributed by atoms with Gasteiger partial charge < -0.3 is 9.47 Å². The largest absolute Gasteiger partial charge is 0.497 e. The lowest BCUT2D eigenvalue weighted by Crippen LogP contribution is -2.16. The third-order valence-corrected chi connectivity index (χ3v) is 6.45. The predicted octanol–water partition coefficient (Wildman–Crippen LogP) is 4.89. The Morgan fingerprint density at radius 3 is 2.77 bits per heavy atom. The lowest BCUT2D eigenvalue weighted by molar-refractivity contribution is -0.384. The molecule has 0 saturated carbocycles. The Morgan fingerprint density at radius 2 is 2.10 bits per heavy atom. The molecule has 1 aliphatic rings. The zero-order chi connectivity index (χ0) is 21.8. The van der Waals surface area contributed by atoms with Gasteiger partial charge in [0.25, 0.3) is 5.69 Å². The fraction of sp³-hybridized carbons (Fsp3) is 0.364. The number of thioether (sulfide) groups is 1. The average molecular weight is 441 g/mol. The first-order chi connectivity index (χ1) is 15.0. The normalized spacial score (nSPS) is 16.9. The maximum atomic E-state index is 11.1. The minimum atomic E-state index is -0.372. The van der Waals surface area contributed by atoms with E-state index in [1.54, 1.807) is 19.2 Å². The maximum absolute atomic E-state index is 11.1. The second kappa shape index (κ2) is 9.49.